The highest BCUT2D eigenvalue weighted by Gasteiger charge is 2.12. The Morgan fingerprint density at radius 3 is 2.60 bits per heavy atom. The van der Waals surface area contributed by atoms with Crippen molar-refractivity contribution in [2.24, 2.45) is 0 Å². The van der Waals surface area contributed by atoms with E-state index in [0.717, 1.165) is 30.3 Å². The van der Waals surface area contributed by atoms with Gasteiger partial charge < -0.3 is 9.67 Å². The summed E-state index contributed by atoms with van der Waals surface area (Å²) in [6.45, 7) is 3.08. The Bertz CT molecular complexity index is 786. The molecule has 3 rings (SSSR count). The van der Waals surface area contributed by atoms with E-state index in [9.17, 15) is 9.90 Å². The minimum absolute atomic E-state index is 0.345. The summed E-state index contributed by atoms with van der Waals surface area (Å²) >= 11 is 0. The molecule has 0 saturated heterocycles. The molecule has 0 aliphatic heterocycles. The molecule has 0 unspecified atom stereocenters. The molecule has 3 nitrogen and oxygen atoms in total. The zero-order valence-electron chi connectivity index (χ0n) is 11.5. The molecule has 20 heavy (non-hydrogen) atoms. The van der Waals surface area contributed by atoms with E-state index >= 15 is 0 Å². The molecule has 0 amide bonds. The first-order chi connectivity index (χ1) is 9.72. The Labute approximate surface area is 117 Å². The highest BCUT2D eigenvalue weighted by molar-refractivity contribution is 6.09. The van der Waals surface area contributed by atoms with Crippen molar-refractivity contribution in [3.05, 3.63) is 48.0 Å². The van der Waals surface area contributed by atoms with Gasteiger partial charge >= 0.3 is 5.97 Å². The number of carbonyl (C=O) groups is 1. The van der Waals surface area contributed by atoms with Gasteiger partial charge in [0.25, 0.3) is 0 Å². The van der Waals surface area contributed by atoms with Gasteiger partial charge in [-0.3, -0.25) is 0 Å². The molecule has 0 aliphatic rings. The predicted molar refractivity (Wildman–Crippen MR) is 81.3 cm³/mol. The molecule has 0 radical (unpaired) electrons. The number of aryl methyl sites for hydroxylation is 1. The van der Waals surface area contributed by atoms with Crippen LogP contribution >= 0.6 is 0 Å². The quantitative estimate of drug-likeness (QED) is 0.766. The van der Waals surface area contributed by atoms with Crippen LogP contribution in [0.1, 0.15) is 30.1 Å². The topological polar surface area (TPSA) is 42.2 Å². The Morgan fingerprint density at radius 1 is 1.10 bits per heavy atom. The largest absolute Gasteiger partial charge is 0.478 e. The summed E-state index contributed by atoms with van der Waals surface area (Å²) in [4.78, 5) is 11.2. The number of benzene rings is 2. The molecule has 0 fully saturated rings. The molecule has 0 atom stereocenters. The maximum absolute atomic E-state index is 11.2. The van der Waals surface area contributed by atoms with Gasteiger partial charge in [0.15, 0.2) is 0 Å². The number of hydrogen-bond acceptors (Lipinski definition) is 1. The Morgan fingerprint density at radius 2 is 1.85 bits per heavy atom. The molecule has 102 valence electrons. The summed E-state index contributed by atoms with van der Waals surface area (Å²) < 4.78 is 2.24. The number of carboxylic acids is 1. The second-order valence-electron chi connectivity index (χ2n) is 5.06. The number of carboxylic acid groups (broad SMARTS) is 1. The van der Waals surface area contributed by atoms with Gasteiger partial charge in [0, 0.05) is 28.4 Å². The molecular formula is C17H17NO2. The molecule has 1 heterocycles. The third-order valence-electron chi connectivity index (χ3n) is 3.76. The minimum atomic E-state index is -0.876. The summed E-state index contributed by atoms with van der Waals surface area (Å²) in [6.07, 6.45) is 2.21. The SMILES string of the molecule is CCCCn1c2ccccc2c2ccc(C(=O)O)cc21. The highest BCUT2D eigenvalue weighted by atomic mass is 16.4. The fourth-order valence-electron chi connectivity index (χ4n) is 2.74. The number of fused-ring (bicyclic) bond motifs is 3. The Hall–Kier alpha value is -2.29. The van der Waals surface area contributed by atoms with Gasteiger partial charge in [-0.05, 0) is 24.6 Å². The number of hydrogen-bond donors (Lipinski definition) is 1. The van der Waals surface area contributed by atoms with Crippen LogP contribution in [0, 0.1) is 0 Å². The zero-order chi connectivity index (χ0) is 14.1. The van der Waals surface area contributed by atoms with Crippen LogP contribution in [0.4, 0.5) is 0 Å². The van der Waals surface area contributed by atoms with E-state index in [0.29, 0.717) is 5.56 Å². The van der Waals surface area contributed by atoms with Crippen molar-refractivity contribution in [2.45, 2.75) is 26.3 Å². The second-order valence-corrected chi connectivity index (χ2v) is 5.06. The zero-order valence-corrected chi connectivity index (χ0v) is 11.5. The average Bonchev–Trinajstić information content (AvgIpc) is 2.78. The lowest BCUT2D eigenvalue weighted by Gasteiger charge is -2.06. The summed E-state index contributed by atoms with van der Waals surface area (Å²) in [5.74, 6) is -0.876. The van der Waals surface area contributed by atoms with Crippen LogP contribution in [0.3, 0.4) is 0 Å². The van der Waals surface area contributed by atoms with Crippen molar-refractivity contribution in [1.82, 2.24) is 4.57 Å². The first kappa shape index (κ1) is 12.7. The molecule has 0 aliphatic carbocycles. The van der Waals surface area contributed by atoms with Crippen LogP contribution in [-0.2, 0) is 6.54 Å². The second kappa shape index (κ2) is 5.00. The molecule has 0 bridgehead atoms. The van der Waals surface area contributed by atoms with Crippen molar-refractivity contribution < 1.29 is 9.90 Å². The summed E-state index contributed by atoms with van der Waals surface area (Å²) in [6, 6.07) is 13.6. The van der Waals surface area contributed by atoms with Crippen LogP contribution in [0.5, 0.6) is 0 Å². The predicted octanol–water partition coefficient (Wildman–Crippen LogP) is 4.29. The summed E-state index contributed by atoms with van der Waals surface area (Å²) in [5, 5.41) is 11.5. The number of para-hydroxylation sites is 1. The van der Waals surface area contributed by atoms with Gasteiger partial charge in [-0.15, -0.1) is 0 Å². The number of unbranched alkanes of at least 4 members (excludes halogenated alkanes) is 1. The van der Waals surface area contributed by atoms with E-state index in [-0.39, 0.29) is 0 Å². The summed E-state index contributed by atoms with van der Waals surface area (Å²) in [5.41, 5.74) is 2.54. The molecule has 0 saturated carbocycles. The molecule has 3 aromatic rings. The molecule has 1 N–H and O–H groups in total. The van der Waals surface area contributed by atoms with E-state index in [1.54, 1.807) is 12.1 Å². The monoisotopic (exact) mass is 267 g/mol. The van der Waals surface area contributed by atoms with Gasteiger partial charge in [-0.1, -0.05) is 37.6 Å². The number of rotatable bonds is 4. The normalized spacial score (nSPS) is 11.2. The maximum atomic E-state index is 11.2. The van der Waals surface area contributed by atoms with Crippen molar-refractivity contribution in [3.63, 3.8) is 0 Å². The maximum Gasteiger partial charge on any atom is 0.335 e. The Kier molecular flexibility index (Phi) is 3.18. The standard InChI is InChI=1S/C17H17NO2/c1-2-3-10-18-15-7-5-4-6-13(15)14-9-8-12(17(19)20)11-16(14)18/h4-9,11H,2-3,10H2,1H3,(H,19,20). The van der Waals surface area contributed by atoms with Crippen molar-refractivity contribution >= 4 is 27.8 Å². The third kappa shape index (κ3) is 1.95. The van der Waals surface area contributed by atoms with Crippen LogP contribution in [-0.4, -0.2) is 15.6 Å². The first-order valence-electron chi connectivity index (χ1n) is 6.96. The molecule has 0 spiro atoms. The number of aromatic carboxylic acids is 1. The van der Waals surface area contributed by atoms with Crippen LogP contribution in [0.25, 0.3) is 21.8 Å². The van der Waals surface area contributed by atoms with E-state index in [1.165, 1.54) is 10.9 Å². The highest BCUT2D eigenvalue weighted by Crippen LogP contribution is 2.30. The van der Waals surface area contributed by atoms with E-state index in [4.69, 9.17) is 0 Å². The minimum Gasteiger partial charge on any atom is -0.478 e. The van der Waals surface area contributed by atoms with Gasteiger partial charge in [-0.2, -0.15) is 0 Å². The Balaban J connectivity index is 2.33. The fourth-order valence-corrected chi connectivity index (χ4v) is 2.74. The van der Waals surface area contributed by atoms with Crippen LogP contribution in [0.15, 0.2) is 42.5 Å². The molecular weight excluding hydrogens is 250 g/mol. The van der Waals surface area contributed by atoms with Crippen molar-refractivity contribution in [3.8, 4) is 0 Å². The molecule has 2 aromatic carbocycles. The van der Waals surface area contributed by atoms with Gasteiger partial charge in [-0.25, -0.2) is 4.79 Å². The summed E-state index contributed by atoms with van der Waals surface area (Å²) in [7, 11) is 0. The molecule has 1 aromatic heterocycles. The van der Waals surface area contributed by atoms with Crippen molar-refractivity contribution in [1.29, 1.82) is 0 Å². The fraction of sp³-hybridized carbons (Fsp3) is 0.235. The third-order valence-corrected chi connectivity index (χ3v) is 3.76. The van der Waals surface area contributed by atoms with Gasteiger partial charge in [0.2, 0.25) is 0 Å². The van der Waals surface area contributed by atoms with Gasteiger partial charge in [0.05, 0.1) is 5.56 Å². The average molecular weight is 267 g/mol. The van der Waals surface area contributed by atoms with E-state index < -0.39 is 5.97 Å². The lowest BCUT2D eigenvalue weighted by atomic mass is 10.1. The van der Waals surface area contributed by atoms with Crippen LogP contribution in [0.2, 0.25) is 0 Å². The van der Waals surface area contributed by atoms with Crippen LogP contribution < -0.4 is 0 Å². The first-order valence-corrected chi connectivity index (χ1v) is 6.96. The number of nitrogens with zero attached hydrogens (tertiary/aromatic N) is 1. The van der Waals surface area contributed by atoms with E-state index in [2.05, 4.69) is 23.6 Å². The number of aromatic nitrogens is 1. The van der Waals surface area contributed by atoms with Gasteiger partial charge in [0.1, 0.15) is 0 Å². The van der Waals surface area contributed by atoms with Crippen molar-refractivity contribution in [2.75, 3.05) is 0 Å². The lowest BCUT2D eigenvalue weighted by Crippen LogP contribution is -1.99. The van der Waals surface area contributed by atoms with E-state index in [1.807, 2.05) is 18.2 Å². The molecule has 3 heteroatoms. The smallest absolute Gasteiger partial charge is 0.335 e. The lowest BCUT2D eigenvalue weighted by molar-refractivity contribution is 0.0697.